The zero-order chi connectivity index (χ0) is 12.1. The maximum Gasteiger partial charge on any atom is 0.414 e. The van der Waals surface area contributed by atoms with E-state index in [4.69, 9.17) is 4.74 Å². The summed E-state index contributed by atoms with van der Waals surface area (Å²) in [5.41, 5.74) is 0.926. The van der Waals surface area contributed by atoms with Crippen molar-refractivity contribution in [3.8, 4) is 0 Å². The Morgan fingerprint density at radius 2 is 2.06 bits per heavy atom. The van der Waals surface area contributed by atoms with Crippen LogP contribution in [0.1, 0.15) is 32.6 Å². The van der Waals surface area contributed by atoms with Gasteiger partial charge in [-0.25, -0.2) is 4.79 Å². The molecule has 1 aromatic rings. The van der Waals surface area contributed by atoms with Crippen LogP contribution in [0.4, 0.5) is 10.5 Å². The lowest BCUT2D eigenvalue weighted by Crippen LogP contribution is -2.24. The van der Waals surface area contributed by atoms with Crippen LogP contribution in [-0.2, 0) is 4.74 Å². The van der Waals surface area contributed by atoms with Gasteiger partial charge in [-0.05, 0) is 25.0 Å². The highest BCUT2D eigenvalue weighted by Gasteiger charge is 2.31. The molecule has 0 N–H and O–H groups in total. The van der Waals surface area contributed by atoms with Crippen LogP contribution in [0.15, 0.2) is 30.3 Å². The van der Waals surface area contributed by atoms with Crippen molar-refractivity contribution in [3.05, 3.63) is 30.3 Å². The van der Waals surface area contributed by atoms with E-state index in [0.717, 1.165) is 18.5 Å². The van der Waals surface area contributed by atoms with Crippen molar-refractivity contribution < 1.29 is 9.53 Å². The molecule has 0 saturated carbocycles. The predicted molar refractivity (Wildman–Crippen MR) is 68.2 cm³/mol. The molecule has 0 bridgehead atoms. The van der Waals surface area contributed by atoms with Gasteiger partial charge >= 0.3 is 6.09 Å². The second-order valence-electron chi connectivity index (χ2n) is 4.45. The fraction of sp³-hybridized carbons (Fsp3) is 0.500. The van der Waals surface area contributed by atoms with Crippen LogP contribution in [0.3, 0.4) is 0 Å². The summed E-state index contributed by atoms with van der Waals surface area (Å²) in [6.45, 7) is 2.86. The second kappa shape index (κ2) is 5.71. The SMILES string of the molecule is CCCCC[C@H]1CN(c2ccccc2)C(=O)O1. The second-order valence-corrected chi connectivity index (χ2v) is 4.45. The molecule has 3 nitrogen and oxygen atoms in total. The molecule has 0 aliphatic carbocycles. The maximum atomic E-state index is 11.7. The Kier molecular flexibility index (Phi) is 4.02. The lowest BCUT2D eigenvalue weighted by atomic mass is 10.1. The number of rotatable bonds is 5. The number of unbranched alkanes of at least 4 members (excludes halogenated alkanes) is 2. The quantitative estimate of drug-likeness (QED) is 0.727. The van der Waals surface area contributed by atoms with Crippen LogP contribution in [0.25, 0.3) is 0 Å². The number of hydrogen-bond donors (Lipinski definition) is 0. The monoisotopic (exact) mass is 233 g/mol. The summed E-state index contributed by atoms with van der Waals surface area (Å²) in [5.74, 6) is 0. The molecule has 1 atom stereocenters. The molecule has 3 heteroatoms. The molecule has 17 heavy (non-hydrogen) atoms. The van der Waals surface area contributed by atoms with E-state index in [1.165, 1.54) is 12.8 Å². The van der Waals surface area contributed by atoms with E-state index >= 15 is 0 Å². The van der Waals surface area contributed by atoms with E-state index in [1.807, 2.05) is 30.3 Å². The molecule has 0 spiro atoms. The van der Waals surface area contributed by atoms with Crippen LogP contribution in [0, 0.1) is 0 Å². The number of hydrogen-bond acceptors (Lipinski definition) is 2. The van der Waals surface area contributed by atoms with Crippen LogP contribution < -0.4 is 4.90 Å². The number of para-hydroxylation sites is 1. The maximum absolute atomic E-state index is 11.7. The number of carbonyl (C=O) groups is 1. The number of amides is 1. The molecule has 2 rings (SSSR count). The van der Waals surface area contributed by atoms with Gasteiger partial charge in [0, 0.05) is 5.69 Å². The Balaban J connectivity index is 1.92. The van der Waals surface area contributed by atoms with Gasteiger partial charge in [-0.15, -0.1) is 0 Å². The van der Waals surface area contributed by atoms with E-state index in [-0.39, 0.29) is 12.2 Å². The van der Waals surface area contributed by atoms with Gasteiger partial charge in [0.25, 0.3) is 0 Å². The van der Waals surface area contributed by atoms with Gasteiger partial charge in [0.2, 0.25) is 0 Å². The van der Waals surface area contributed by atoms with Crippen LogP contribution in [0.2, 0.25) is 0 Å². The number of cyclic esters (lactones) is 1. The van der Waals surface area contributed by atoms with Crippen molar-refractivity contribution in [3.63, 3.8) is 0 Å². The first-order valence-electron chi connectivity index (χ1n) is 6.34. The molecule has 1 saturated heterocycles. The normalized spacial score (nSPS) is 19.5. The smallest absolute Gasteiger partial charge is 0.414 e. The van der Waals surface area contributed by atoms with E-state index < -0.39 is 0 Å². The molecule has 1 aromatic carbocycles. The molecular formula is C14H19NO2. The van der Waals surface area contributed by atoms with Gasteiger partial charge in [0.1, 0.15) is 6.10 Å². The summed E-state index contributed by atoms with van der Waals surface area (Å²) in [6, 6.07) is 9.70. The van der Waals surface area contributed by atoms with Gasteiger partial charge in [-0.3, -0.25) is 4.90 Å². The molecule has 1 aliphatic rings. The number of ether oxygens (including phenoxy) is 1. The lowest BCUT2D eigenvalue weighted by Gasteiger charge is -2.12. The van der Waals surface area contributed by atoms with Crippen molar-refractivity contribution in [1.82, 2.24) is 0 Å². The fourth-order valence-corrected chi connectivity index (χ4v) is 2.11. The van der Waals surface area contributed by atoms with Gasteiger partial charge in [-0.1, -0.05) is 38.0 Å². The number of benzene rings is 1. The van der Waals surface area contributed by atoms with Crippen LogP contribution >= 0.6 is 0 Å². The third-order valence-corrected chi connectivity index (χ3v) is 3.07. The van der Waals surface area contributed by atoms with Crippen molar-refractivity contribution >= 4 is 11.8 Å². The highest BCUT2D eigenvalue weighted by atomic mass is 16.6. The Morgan fingerprint density at radius 3 is 2.76 bits per heavy atom. The molecule has 1 amide bonds. The van der Waals surface area contributed by atoms with Crippen molar-refractivity contribution in [2.75, 3.05) is 11.4 Å². The predicted octanol–water partition coefficient (Wildman–Crippen LogP) is 3.59. The van der Waals surface area contributed by atoms with E-state index in [0.29, 0.717) is 6.54 Å². The van der Waals surface area contributed by atoms with Crippen molar-refractivity contribution in [1.29, 1.82) is 0 Å². The van der Waals surface area contributed by atoms with Gasteiger partial charge in [-0.2, -0.15) is 0 Å². The minimum atomic E-state index is -0.210. The highest BCUT2D eigenvalue weighted by molar-refractivity contribution is 5.89. The molecule has 1 heterocycles. The summed E-state index contributed by atoms with van der Waals surface area (Å²) < 4.78 is 5.36. The van der Waals surface area contributed by atoms with E-state index in [1.54, 1.807) is 4.90 Å². The van der Waals surface area contributed by atoms with Crippen molar-refractivity contribution in [2.45, 2.75) is 38.7 Å². The summed E-state index contributed by atoms with van der Waals surface area (Å²) in [7, 11) is 0. The molecular weight excluding hydrogens is 214 g/mol. The van der Waals surface area contributed by atoms with Crippen LogP contribution in [0.5, 0.6) is 0 Å². The fourth-order valence-electron chi connectivity index (χ4n) is 2.11. The van der Waals surface area contributed by atoms with Crippen LogP contribution in [-0.4, -0.2) is 18.7 Å². The first-order valence-corrected chi connectivity index (χ1v) is 6.34. The summed E-state index contributed by atoms with van der Waals surface area (Å²) in [4.78, 5) is 13.4. The number of carbonyl (C=O) groups excluding carboxylic acids is 1. The molecule has 0 unspecified atom stereocenters. The highest BCUT2D eigenvalue weighted by Crippen LogP contribution is 2.23. The number of nitrogens with zero attached hydrogens (tertiary/aromatic N) is 1. The molecule has 1 aliphatic heterocycles. The first kappa shape index (κ1) is 12.0. The minimum Gasteiger partial charge on any atom is -0.444 e. The van der Waals surface area contributed by atoms with E-state index in [2.05, 4.69) is 6.92 Å². The topological polar surface area (TPSA) is 29.5 Å². The largest absolute Gasteiger partial charge is 0.444 e. The Morgan fingerprint density at radius 1 is 1.29 bits per heavy atom. The summed E-state index contributed by atoms with van der Waals surface area (Å²) >= 11 is 0. The first-order chi connectivity index (χ1) is 8.31. The van der Waals surface area contributed by atoms with Gasteiger partial charge in [0.05, 0.1) is 6.54 Å². The molecule has 0 radical (unpaired) electrons. The average molecular weight is 233 g/mol. The van der Waals surface area contributed by atoms with Crippen molar-refractivity contribution in [2.24, 2.45) is 0 Å². The molecule has 0 aromatic heterocycles. The lowest BCUT2D eigenvalue weighted by molar-refractivity contribution is 0.135. The van der Waals surface area contributed by atoms with E-state index in [9.17, 15) is 4.79 Å². The molecule has 1 fully saturated rings. The average Bonchev–Trinajstić information content (AvgIpc) is 2.72. The third kappa shape index (κ3) is 2.99. The zero-order valence-corrected chi connectivity index (χ0v) is 10.3. The Bertz CT molecular complexity index is 364. The Labute approximate surface area is 102 Å². The number of anilines is 1. The molecule has 92 valence electrons. The van der Waals surface area contributed by atoms with Gasteiger partial charge < -0.3 is 4.74 Å². The van der Waals surface area contributed by atoms with Gasteiger partial charge in [0.15, 0.2) is 0 Å². The summed E-state index contributed by atoms with van der Waals surface area (Å²) in [6.07, 6.45) is 4.37. The summed E-state index contributed by atoms with van der Waals surface area (Å²) in [5, 5.41) is 0. The Hall–Kier alpha value is -1.51. The minimum absolute atomic E-state index is 0.0641. The third-order valence-electron chi connectivity index (χ3n) is 3.07. The zero-order valence-electron chi connectivity index (χ0n) is 10.3. The standard InChI is InChI=1S/C14H19NO2/c1-2-3-5-10-13-11-15(14(16)17-13)12-8-6-4-7-9-12/h4,6-9,13H,2-3,5,10-11H2,1H3/t13-/m0/s1.